The highest BCUT2D eigenvalue weighted by Gasteiger charge is 2.23. The van der Waals surface area contributed by atoms with Crippen LogP contribution >= 0.6 is 7.82 Å². The van der Waals surface area contributed by atoms with Gasteiger partial charge in [-0.15, -0.1) is 5.10 Å². The fraction of sp³-hybridized carbons (Fsp3) is 0.200. The molecule has 4 rings (SSSR count). The number of nitrogens with one attached hydrogen (secondary N) is 1. The number of phosphoric ester groups is 1. The average molecular weight is 488 g/mol. The van der Waals surface area contributed by atoms with Crippen LogP contribution in [0.3, 0.4) is 0 Å². The van der Waals surface area contributed by atoms with E-state index in [1.165, 1.54) is 18.5 Å². The Hall–Kier alpha value is -3.77. The van der Waals surface area contributed by atoms with Crippen molar-refractivity contribution in [2.75, 3.05) is 26.1 Å². The Morgan fingerprint density at radius 2 is 2.09 bits per heavy atom. The maximum atomic E-state index is 12.9. The summed E-state index contributed by atoms with van der Waals surface area (Å²) >= 11 is 0. The van der Waals surface area contributed by atoms with Crippen LogP contribution in [0.2, 0.25) is 0 Å². The summed E-state index contributed by atoms with van der Waals surface area (Å²) < 4.78 is 33.0. The number of phosphoric acid groups is 1. The lowest BCUT2D eigenvalue weighted by Crippen LogP contribution is -2.11. The van der Waals surface area contributed by atoms with Gasteiger partial charge >= 0.3 is 7.82 Å². The summed E-state index contributed by atoms with van der Waals surface area (Å²) in [5.74, 6) is -0.173. The smallest absolute Gasteiger partial charge is 0.451 e. The van der Waals surface area contributed by atoms with E-state index in [2.05, 4.69) is 25.0 Å². The molecule has 178 valence electrons. The lowest BCUT2D eigenvalue weighted by atomic mass is 10.2. The maximum Gasteiger partial charge on any atom is 0.547 e. The summed E-state index contributed by atoms with van der Waals surface area (Å²) in [7, 11) is -1.65. The number of pyridine rings is 1. The SMILES string of the molecule is COCCn1cc(NC(=O)c2ccc(-c3cnn(OP(=O)(O)OC)c3)o2)c(-c2ccccn2)n1. The lowest BCUT2D eigenvalue weighted by molar-refractivity contribution is 0.0997. The molecule has 0 saturated carbocycles. The van der Waals surface area contributed by atoms with Crippen molar-refractivity contribution < 1.29 is 32.6 Å². The Balaban J connectivity index is 1.53. The second-order valence-electron chi connectivity index (χ2n) is 6.84. The third-order valence-corrected chi connectivity index (χ3v) is 5.37. The topological polar surface area (TPSA) is 156 Å². The minimum atomic E-state index is -4.27. The highest BCUT2D eigenvalue weighted by Crippen LogP contribution is 2.38. The number of anilines is 1. The van der Waals surface area contributed by atoms with Crippen LogP contribution in [0, 0.1) is 0 Å². The van der Waals surface area contributed by atoms with Gasteiger partial charge in [-0.2, -0.15) is 5.10 Å². The zero-order valence-corrected chi connectivity index (χ0v) is 19.1. The summed E-state index contributed by atoms with van der Waals surface area (Å²) in [5.41, 5.74) is 1.97. The van der Waals surface area contributed by atoms with Crippen LogP contribution in [0.15, 0.2) is 59.5 Å². The molecular formula is C20H21N6O7P. The third kappa shape index (κ3) is 5.41. The second kappa shape index (κ2) is 10.0. The van der Waals surface area contributed by atoms with Gasteiger partial charge in [0.25, 0.3) is 5.91 Å². The Bertz CT molecular complexity index is 1320. The van der Waals surface area contributed by atoms with E-state index in [0.717, 1.165) is 12.0 Å². The van der Waals surface area contributed by atoms with Crippen molar-refractivity contribution in [1.82, 2.24) is 24.7 Å². The van der Waals surface area contributed by atoms with Gasteiger partial charge in [0.2, 0.25) is 0 Å². The predicted octanol–water partition coefficient (Wildman–Crippen LogP) is 2.48. The number of ether oxygens (including phenoxy) is 1. The molecule has 2 N–H and O–H groups in total. The van der Waals surface area contributed by atoms with Crippen molar-refractivity contribution >= 4 is 19.4 Å². The first-order valence-corrected chi connectivity index (χ1v) is 11.4. The molecule has 0 spiro atoms. The Kier molecular flexibility index (Phi) is 6.89. The summed E-state index contributed by atoms with van der Waals surface area (Å²) in [6.07, 6.45) is 5.98. The summed E-state index contributed by atoms with van der Waals surface area (Å²) in [5, 5.41) is 11.1. The predicted molar refractivity (Wildman–Crippen MR) is 119 cm³/mol. The van der Waals surface area contributed by atoms with E-state index in [1.807, 2.05) is 6.07 Å². The van der Waals surface area contributed by atoms with E-state index in [0.29, 0.717) is 41.6 Å². The largest absolute Gasteiger partial charge is 0.547 e. The van der Waals surface area contributed by atoms with Crippen LogP contribution in [0.5, 0.6) is 0 Å². The molecule has 1 amide bonds. The van der Waals surface area contributed by atoms with Gasteiger partial charge in [0.1, 0.15) is 11.5 Å². The number of aromatic nitrogens is 5. The molecule has 0 aliphatic rings. The van der Waals surface area contributed by atoms with Crippen molar-refractivity contribution in [2.24, 2.45) is 0 Å². The number of rotatable bonds is 10. The first-order chi connectivity index (χ1) is 16.4. The van der Waals surface area contributed by atoms with Gasteiger partial charge < -0.3 is 14.5 Å². The number of methoxy groups -OCH3 is 1. The number of hydrogen-bond acceptors (Lipinski definition) is 9. The molecule has 14 heteroatoms. The van der Waals surface area contributed by atoms with Gasteiger partial charge in [0, 0.05) is 26.6 Å². The van der Waals surface area contributed by atoms with Crippen LogP contribution in [0.4, 0.5) is 5.69 Å². The minimum absolute atomic E-state index is 0.0324. The summed E-state index contributed by atoms with van der Waals surface area (Å²) in [4.78, 5) is 27.3. The van der Waals surface area contributed by atoms with E-state index >= 15 is 0 Å². The second-order valence-corrected chi connectivity index (χ2v) is 8.31. The van der Waals surface area contributed by atoms with Crippen molar-refractivity contribution in [1.29, 1.82) is 0 Å². The Labute approximate surface area is 193 Å². The maximum absolute atomic E-state index is 12.9. The zero-order chi connectivity index (χ0) is 24.1. The lowest BCUT2D eigenvalue weighted by Gasteiger charge is -2.07. The van der Waals surface area contributed by atoms with Crippen LogP contribution in [-0.4, -0.2) is 56.3 Å². The van der Waals surface area contributed by atoms with Gasteiger partial charge in [-0.05, 0) is 24.3 Å². The van der Waals surface area contributed by atoms with E-state index in [1.54, 1.807) is 42.4 Å². The van der Waals surface area contributed by atoms with Gasteiger partial charge in [0.15, 0.2) is 5.76 Å². The Morgan fingerprint density at radius 1 is 1.24 bits per heavy atom. The van der Waals surface area contributed by atoms with Crippen LogP contribution in [0.1, 0.15) is 10.6 Å². The molecule has 0 bridgehead atoms. The summed E-state index contributed by atoms with van der Waals surface area (Å²) in [6, 6.07) is 8.46. The molecule has 0 aliphatic carbocycles. The molecule has 1 unspecified atom stereocenters. The van der Waals surface area contributed by atoms with E-state index < -0.39 is 13.7 Å². The average Bonchev–Trinajstić information content (AvgIpc) is 3.58. The molecule has 4 aromatic rings. The monoisotopic (exact) mass is 488 g/mol. The van der Waals surface area contributed by atoms with Crippen molar-refractivity contribution in [3.05, 3.63) is 60.9 Å². The third-order valence-electron chi connectivity index (χ3n) is 4.53. The van der Waals surface area contributed by atoms with Gasteiger partial charge in [-0.1, -0.05) is 10.9 Å². The molecule has 34 heavy (non-hydrogen) atoms. The van der Waals surface area contributed by atoms with Crippen molar-refractivity contribution in [3.8, 4) is 22.7 Å². The first kappa shape index (κ1) is 23.4. The number of carbonyl (C=O) groups is 1. The normalized spacial score (nSPS) is 12.9. The van der Waals surface area contributed by atoms with Crippen LogP contribution < -0.4 is 9.94 Å². The molecule has 0 aliphatic heterocycles. The number of amides is 1. The quantitative estimate of drug-likeness (QED) is 0.318. The van der Waals surface area contributed by atoms with E-state index in [9.17, 15) is 14.3 Å². The molecule has 13 nitrogen and oxygen atoms in total. The van der Waals surface area contributed by atoms with E-state index in [4.69, 9.17) is 13.8 Å². The highest BCUT2D eigenvalue weighted by molar-refractivity contribution is 7.47. The van der Waals surface area contributed by atoms with Crippen molar-refractivity contribution in [2.45, 2.75) is 6.54 Å². The molecule has 0 saturated heterocycles. The number of nitrogens with zero attached hydrogens (tertiary/aromatic N) is 5. The molecule has 0 radical (unpaired) electrons. The fourth-order valence-electron chi connectivity index (χ4n) is 2.92. The Morgan fingerprint density at radius 3 is 2.82 bits per heavy atom. The molecule has 4 aromatic heterocycles. The van der Waals surface area contributed by atoms with Crippen LogP contribution in [-0.2, 0) is 20.4 Å². The zero-order valence-electron chi connectivity index (χ0n) is 18.2. The first-order valence-electron chi connectivity index (χ1n) is 9.91. The molecule has 4 heterocycles. The number of hydrogen-bond donors (Lipinski definition) is 2. The summed E-state index contributed by atoms with van der Waals surface area (Å²) in [6.45, 7) is 0.943. The highest BCUT2D eigenvalue weighted by atomic mass is 31.2. The van der Waals surface area contributed by atoms with Crippen LogP contribution in [0.25, 0.3) is 22.7 Å². The molecular weight excluding hydrogens is 467 g/mol. The number of carbonyl (C=O) groups excluding carboxylic acids is 1. The molecule has 0 aromatic carbocycles. The molecule has 0 fully saturated rings. The minimum Gasteiger partial charge on any atom is -0.451 e. The van der Waals surface area contributed by atoms with Gasteiger partial charge in [-0.3, -0.25) is 28.5 Å². The fourth-order valence-corrected chi connectivity index (χ4v) is 3.29. The van der Waals surface area contributed by atoms with E-state index in [-0.39, 0.29) is 5.76 Å². The van der Waals surface area contributed by atoms with Gasteiger partial charge in [0.05, 0.1) is 42.5 Å². The molecule has 1 atom stereocenters. The van der Waals surface area contributed by atoms with Gasteiger partial charge in [-0.25, -0.2) is 4.57 Å². The van der Waals surface area contributed by atoms with Crippen molar-refractivity contribution in [3.63, 3.8) is 0 Å². The standard InChI is InChI=1S/C20H21N6O7P/c1-30-10-9-25-13-16(19(24-25)15-5-3-4-8-21-15)23-20(27)18-7-6-17(32-18)14-11-22-26(12-14)33-34(28,29)31-2/h3-8,11-13H,9-10H2,1-2H3,(H,23,27)(H,28,29). The number of furan rings is 1.